The molecule has 0 saturated heterocycles. The summed E-state index contributed by atoms with van der Waals surface area (Å²) in [5.41, 5.74) is 3.17. The van der Waals surface area contributed by atoms with Crippen LogP contribution in [0.3, 0.4) is 0 Å². The van der Waals surface area contributed by atoms with E-state index in [0.29, 0.717) is 15.8 Å². The molecule has 0 spiro atoms. The van der Waals surface area contributed by atoms with Gasteiger partial charge in [-0.1, -0.05) is 6.07 Å². The van der Waals surface area contributed by atoms with Crippen LogP contribution in [0.15, 0.2) is 39.0 Å². The van der Waals surface area contributed by atoms with E-state index in [-0.39, 0.29) is 11.4 Å². The highest BCUT2D eigenvalue weighted by atomic mass is 32.2. The molecule has 0 unspecified atom stereocenters. The van der Waals surface area contributed by atoms with Crippen LogP contribution in [0.1, 0.15) is 5.69 Å². The van der Waals surface area contributed by atoms with E-state index in [2.05, 4.69) is 10.4 Å². The molecule has 8 heteroatoms. The van der Waals surface area contributed by atoms with Crippen molar-refractivity contribution in [2.24, 2.45) is 5.84 Å². The number of oxazole rings is 1. The zero-order valence-corrected chi connectivity index (χ0v) is 10.2. The van der Waals surface area contributed by atoms with Gasteiger partial charge in [0.25, 0.3) is 5.22 Å². The highest BCUT2D eigenvalue weighted by Gasteiger charge is 2.21. The maximum atomic E-state index is 11.0. The minimum atomic E-state index is -0.493. The van der Waals surface area contributed by atoms with Crippen LogP contribution in [-0.2, 0) is 0 Å². The van der Waals surface area contributed by atoms with E-state index < -0.39 is 4.92 Å². The monoisotopic (exact) mass is 266 g/mol. The molecule has 0 aliphatic rings. The SMILES string of the molecule is Cc1coc(Sc2cccc(NN)c2[N+](=O)[O-])n1. The van der Waals surface area contributed by atoms with Crippen LogP contribution in [0.2, 0.25) is 0 Å². The first-order valence-corrected chi connectivity index (χ1v) is 5.77. The van der Waals surface area contributed by atoms with Crippen molar-refractivity contribution in [3.05, 3.63) is 40.3 Å². The molecule has 3 N–H and O–H groups in total. The van der Waals surface area contributed by atoms with Gasteiger partial charge >= 0.3 is 5.69 Å². The number of nitrogens with one attached hydrogen (secondary N) is 1. The molecular weight excluding hydrogens is 256 g/mol. The van der Waals surface area contributed by atoms with Gasteiger partial charge in [-0.15, -0.1) is 0 Å². The zero-order valence-electron chi connectivity index (χ0n) is 9.41. The molecule has 0 saturated carbocycles. The number of para-hydroxylation sites is 1. The number of aromatic nitrogens is 1. The molecular formula is C10H10N4O3S. The summed E-state index contributed by atoms with van der Waals surface area (Å²) in [4.78, 5) is 15.0. The Labute approximate surface area is 107 Å². The lowest BCUT2D eigenvalue weighted by atomic mass is 10.3. The van der Waals surface area contributed by atoms with E-state index in [1.54, 1.807) is 19.1 Å². The first kappa shape index (κ1) is 12.4. The Morgan fingerprint density at radius 2 is 2.33 bits per heavy atom. The first-order chi connectivity index (χ1) is 8.61. The van der Waals surface area contributed by atoms with Crippen molar-refractivity contribution in [2.45, 2.75) is 17.0 Å². The fourth-order valence-corrected chi connectivity index (χ4v) is 2.28. The summed E-state index contributed by atoms with van der Waals surface area (Å²) >= 11 is 1.08. The minimum Gasteiger partial charge on any atom is -0.439 e. The Bertz CT molecular complexity index is 584. The molecule has 0 radical (unpaired) electrons. The van der Waals surface area contributed by atoms with Gasteiger partial charge in [-0.25, -0.2) is 4.98 Å². The molecule has 1 aromatic heterocycles. The number of nitrogens with two attached hydrogens (primary N) is 1. The Morgan fingerprint density at radius 3 is 2.89 bits per heavy atom. The van der Waals surface area contributed by atoms with E-state index >= 15 is 0 Å². The Morgan fingerprint density at radius 1 is 1.56 bits per heavy atom. The lowest BCUT2D eigenvalue weighted by Crippen LogP contribution is -2.09. The van der Waals surface area contributed by atoms with Gasteiger partial charge in [0, 0.05) is 0 Å². The normalized spacial score (nSPS) is 10.3. The quantitative estimate of drug-likeness (QED) is 0.496. The van der Waals surface area contributed by atoms with Crippen LogP contribution in [-0.4, -0.2) is 9.91 Å². The average Bonchev–Trinajstić information content (AvgIpc) is 2.74. The number of rotatable bonds is 4. The van der Waals surface area contributed by atoms with Gasteiger partial charge in [-0.05, 0) is 30.8 Å². The van der Waals surface area contributed by atoms with Crippen molar-refractivity contribution in [1.82, 2.24) is 4.98 Å². The Kier molecular flexibility index (Phi) is 3.49. The third-order valence-electron chi connectivity index (χ3n) is 2.13. The predicted molar refractivity (Wildman–Crippen MR) is 66.3 cm³/mol. The number of hydrogen-bond donors (Lipinski definition) is 2. The molecule has 1 heterocycles. The van der Waals surface area contributed by atoms with Crippen LogP contribution < -0.4 is 11.3 Å². The third-order valence-corrected chi connectivity index (χ3v) is 3.04. The molecule has 94 valence electrons. The summed E-state index contributed by atoms with van der Waals surface area (Å²) in [6.45, 7) is 1.78. The molecule has 7 nitrogen and oxygen atoms in total. The molecule has 0 atom stereocenters. The van der Waals surface area contributed by atoms with Gasteiger partial charge in [0.15, 0.2) is 0 Å². The van der Waals surface area contributed by atoms with Crippen LogP contribution in [0.25, 0.3) is 0 Å². The lowest BCUT2D eigenvalue weighted by Gasteiger charge is -2.04. The van der Waals surface area contributed by atoms with Crippen molar-refractivity contribution < 1.29 is 9.34 Å². The van der Waals surface area contributed by atoms with Crippen LogP contribution in [0.4, 0.5) is 11.4 Å². The first-order valence-electron chi connectivity index (χ1n) is 4.96. The second-order valence-electron chi connectivity index (χ2n) is 3.41. The fourth-order valence-electron chi connectivity index (χ4n) is 1.38. The molecule has 0 bridgehead atoms. The van der Waals surface area contributed by atoms with Gasteiger partial charge in [0.05, 0.1) is 15.5 Å². The topological polar surface area (TPSA) is 107 Å². The van der Waals surface area contributed by atoms with E-state index in [0.717, 1.165) is 11.8 Å². The Hall–Kier alpha value is -2.06. The van der Waals surface area contributed by atoms with Crippen molar-refractivity contribution in [1.29, 1.82) is 0 Å². The van der Waals surface area contributed by atoms with Crippen molar-refractivity contribution >= 4 is 23.1 Å². The molecule has 1 aromatic carbocycles. The predicted octanol–water partition coefficient (Wildman–Crippen LogP) is 2.33. The molecule has 2 rings (SSSR count). The maximum absolute atomic E-state index is 11.0. The van der Waals surface area contributed by atoms with Gasteiger partial charge < -0.3 is 9.84 Å². The number of hydrogen-bond acceptors (Lipinski definition) is 7. The lowest BCUT2D eigenvalue weighted by molar-refractivity contribution is -0.386. The summed E-state index contributed by atoms with van der Waals surface area (Å²) in [5.74, 6) is 5.25. The number of nitro groups is 1. The summed E-state index contributed by atoms with van der Waals surface area (Å²) in [6.07, 6.45) is 1.49. The number of nitro benzene ring substituents is 1. The van der Waals surface area contributed by atoms with Crippen molar-refractivity contribution in [2.75, 3.05) is 5.43 Å². The van der Waals surface area contributed by atoms with Gasteiger partial charge in [-0.2, -0.15) is 0 Å². The molecule has 0 amide bonds. The van der Waals surface area contributed by atoms with Crippen LogP contribution in [0.5, 0.6) is 0 Å². The number of anilines is 1. The summed E-state index contributed by atoms with van der Waals surface area (Å²) in [7, 11) is 0. The smallest absolute Gasteiger partial charge is 0.307 e. The van der Waals surface area contributed by atoms with Gasteiger partial charge in [-0.3, -0.25) is 16.0 Å². The molecule has 2 aromatic rings. The van der Waals surface area contributed by atoms with Gasteiger partial charge in [0.1, 0.15) is 12.0 Å². The van der Waals surface area contributed by atoms with Crippen molar-refractivity contribution in [3.63, 3.8) is 0 Å². The molecule has 0 aliphatic heterocycles. The van der Waals surface area contributed by atoms with E-state index in [1.807, 2.05) is 0 Å². The zero-order chi connectivity index (χ0) is 13.1. The number of hydrazine groups is 1. The van der Waals surface area contributed by atoms with Gasteiger partial charge in [0.2, 0.25) is 0 Å². The third kappa shape index (κ3) is 2.44. The minimum absolute atomic E-state index is 0.0964. The fraction of sp³-hybridized carbons (Fsp3) is 0.100. The second kappa shape index (κ2) is 5.07. The highest BCUT2D eigenvalue weighted by Crippen LogP contribution is 2.38. The van der Waals surface area contributed by atoms with E-state index in [4.69, 9.17) is 10.3 Å². The number of nitrogen functional groups attached to an aromatic ring is 1. The maximum Gasteiger partial charge on any atom is 0.307 e. The van der Waals surface area contributed by atoms with Crippen molar-refractivity contribution in [3.8, 4) is 0 Å². The standard InChI is InChI=1S/C10H10N4O3S/c1-6-5-17-10(12-6)18-8-4-2-3-7(13-11)9(8)14(15)16/h2-5,13H,11H2,1H3. The summed E-state index contributed by atoms with van der Waals surface area (Å²) < 4.78 is 5.15. The molecule has 0 aliphatic carbocycles. The second-order valence-corrected chi connectivity index (χ2v) is 4.40. The summed E-state index contributed by atoms with van der Waals surface area (Å²) in [6, 6.07) is 4.81. The molecule has 0 fully saturated rings. The Balaban J connectivity index is 2.41. The van der Waals surface area contributed by atoms with E-state index in [1.165, 1.54) is 12.3 Å². The van der Waals surface area contributed by atoms with Crippen LogP contribution >= 0.6 is 11.8 Å². The number of nitrogens with zero attached hydrogens (tertiary/aromatic N) is 2. The average molecular weight is 266 g/mol. The number of aryl methyl sites for hydroxylation is 1. The highest BCUT2D eigenvalue weighted by molar-refractivity contribution is 7.99. The van der Waals surface area contributed by atoms with Crippen LogP contribution in [0, 0.1) is 17.0 Å². The van der Waals surface area contributed by atoms with E-state index in [9.17, 15) is 10.1 Å². The largest absolute Gasteiger partial charge is 0.439 e. The summed E-state index contributed by atoms with van der Waals surface area (Å²) in [5, 5.41) is 11.4. The number of benzene rings is 1. The molecule has 18 heavy (non-hydrogen) atoms.